The summed E-state index contributed by atoms with van der Waals surface area (Å²) in [5, 5.41) is 4.42. The molecule has 28 heavy (non-hydrogen) atoms. The van der Waals surface area contributed by atoms with Crippen molar-refractivity contribution < 1.29 is 9.53 Å². The van der Waals surface area contributed by atoms with Crippen LogP contribution in [0.15, 0.2) is 42.5 Å². The fourth-order valence-electron chi connectivity index (χ4n) is 3.19. The van der Waals surface area contributed by atoms with Gasteiger partial charge in [0.15, 0.2) is 0 Å². The quantitative estimate of drug-likeness (QED) is 0.618. The number of likely N-dealkylation sites (N-methyl/N-ethyl adjacent to an activating group) is 1. The van der Waals surface area contributed by atoms with Crippen LogP contribution >= 0.6 is 11.6 Å². The zero-order valence-corrected chi connectivity index (χ0v) is 17.3. The number of benzene rings is 2. The normalized spacial score (nSPS) is 11.1. The number of hydrogen-bond donors (Lipinski definition) is 1. The van der Waals surface area contributed by atoms with E-state index in [2.05, 4.69) is 10.3 Å². The highest BCUT2D eigenvalue weighted by Gasteiger charge is 2.13. The van der Waals surface area contributed by atoms with Crippen LogP contribution in [-0.2, 0) is 11.3 Å². The van der Waals surface area contributed by atoms with Gasteiger partial charge < -0.3 is 10.1 Å². The Labute approximate surface area is 170 Å². The molecule has 5 nitrogen and oxygen atoms in total. The van der Waals surface area contributed by atoms with E-state index in [9.17, 15) is 4.79 Å². The third-order valence-corrected chi connectivity index (χ3v) is 4.98. The van der Waals surface area contributed by atoms with E-state index >= 15 is 0 Å². The van der Waals surface area contributed by atoms with E-state index in [1.807, 2.05) is 68.3 Å². The average Bonchev–Trinajstić information content (AvgIpc) is 2.65. The molecule has 0 saturated heterocycles. The molecular formula is C22H24ClN3O2. The number of ether oxygens (including phenoxy) is 1. The largest absolute Gasteiger partial charge is 0.497 e. The number of rotatable bonds is 6. The molecule has 0 saturated carbocycles. The first-order valence-corrected chi connectivity index (χ1v) is 9.43. The fraction of sp³-hybridized carbons (Fsp3) is 0.273. The van der Waals surface area contributed by atoms with Crippen molar-refractivity contribution in [3.63, 3.8) is 0 Å². The van der Waals surface area contributed by atoms with E-state index in [0.717, 1.165) is 39.0 Å². The van der Waals surface area contributed by atoms with Crippen LogP contribution in [-0.4, -0.2) is 36.5 Å². The number of fused-ring (bicyclic) bond motifs is 1. The summed E-state index contributed by atoms with van der Waals surface area (Å²) in [5.41, 5.74) is 4.63. The van der Waals surface area contributed by atoms with Crippen LogP contribution in [0.5, 0.6) is 5.75 Å². The van der Waals surface area contributed by atoms with E-state index in [-0.39, 0.29) is 12.5 Å². The maximum Gasteiger partial charge on any atom is 0.238 e. The van der Waals surface area contributed by atoms with Crippen molar-refractivity contribution >= 4 is 34.1 Å². The molecule has 0 spiro atoms. The van der Waals surface area contributed by atoms with E-state index < -0.39 is 0 Å². The number of para-hydroxylation sites is 1. The Bertz CT molecular complexity index is 1000. The zero-order valence-electron chi connectivity index (χ0n) is 16.5. The van der Waals surface area contributed by atoms with E-state index in [1.54, 1.807) is 7.11 Å². The molecular weight excluding hydrogens is 374 g/mol. The van der Waals surface area contributed by atoms with Crippen molar-refractivity contribution in [2.24, 2.45) is 0 Å². The molecule has 0 bridgehead atoms. The molecule has 2 aromatic carbocycles. The third-order valence-electron chi connectivity index (χ3n) is 4.65. The number of aryl methyl sites for hydroxylation is 2. The van der Waals surface area contributed by atoms with Gasteiger partial charge in [0.1, 0.15) is 10.9 Å². The molecule has 3 aromatic rings. The number of aromatic nitrogens is 1. The summed E-state index contributed by atoms with van der Waals surface area (Å²) in [5.74, 6) is 0.679. The molecule has 1 amide bonds. The summed E-state index contributed by atoms with van der Waals surface area (Å²) in [6.07, 6.45) is 0. The topological polar surface area (TPSA) is 54.5 Å². The van der Waals surface area contributed by atoms with Gasteiger partial charge >= 0.3 is 0 Å². The van der Waals surface area contributed by atoms with Crippen molar-refractivity contribution in [2.75, 3.05) is 26.0 Å². The number of nitrogens with one attached hydrogen (secondary N) is 1. The van der Waals surface area contributed by atoms with E-state index in [0.29, 0.717) is 11.7 Å². The monoisotopic (exact) mass is 397 g/mol. The molecule has 0 fully saturated rings. The van der Waals surface area contributed by atoms with Gasteiger partial charge in [0.25, 0.3) is 0 Å². The van der Waals surface area contributed by atoms with E-state index in [1.165, 1.54) is 0 Å². The highest BCUT2D eigenvalue weighted by atomic mass is 35.5. The van der Waals surface area contributed by atoms with Crippen molar-refractivity contribution in [2.45, 2.75) is 20.4 Å². The second-order valence-corrected chi connectivity index (χ2v) is 7.34. The first-order chi connectivity index (χ1) is 13.4. The molecule has 6 heteroatoms. The second-order valence-electron chi connectivity index (χ2n) is 6.98. The Morgan fingerprint density at radius 1 is 1.18 bits per heavy atom. The van der Waals surface area contributed by atoms with Crippen LogP contribution in [0.25, 0.3) is 10.9 Å². The highest BCUT2D eigenvalue weighted by molar-refractivity contribution is 6.30. The summed E-state index contributed by atoms with van der Waals surface area (Å²) in [6, 6.07) is 13.7. The van der Waals surface area contributed by atoms with Crippen molar-refractivity contribution in [3.05, 3.63) is 64.3 Å². The van der Waals surface area contributed by atoms with Gasteiger partial charge in [-0.05, 0) is 50.2 Å². The molecule has 146 valence electrons. The van der Waals surface area contributed by atoms with Crippen LogP contribution < -0.4 is 10.1 Å². The Kier molecular flexibility index (Phi) is 6.17. The first kappa shape index (κ1) is 20.1. The van der Waals surface area contributed by atoms with Crippen molar-refractivity contribution in [1.82, 2.24) is 9.88 Å². The van der Waals surface area contributed by atoms with Gasteiger partial charge in [-0.25, -0.2) is 4.98 Å². The number of halogens is 1. The molecule has 0 atom stereocenters. The van der Waals surface area contributed by atoms with Crippen LogP contribution in [0.2, 0.25) is 5.15 Å². The predicted molar refractivity (Wildman–Crippen MR) is 114 cm³/mol. The lowest BCUT2D eigenvalue weighted by Gasteiger charge is -2.18. The third kappa shape index (κ3) is 4.61. The lowest BCUT2D eigenvalue weighted by Crippen LogP contribution is -2.30. The molecule has 0 aliphatic rings. The zero-order chi connectivity index (χ0) is 20.3. The molecule has 0 radical (unpaired) electrons. The van der Waals surface area contributed by atoms with E-state index in [4.69, 9.17) is 16.3 Å². The molecule has 3 rings (SSSR count). The van der Waals surface area contributed by atoms with Gasteiger partial charge in [0.05, 0.1) is 19.2 Å². The van der Waals surface area contributed by atoms with Gasteiger partial charge in [-0.15, -0.1) is 0 Å². The summed E-state index contributed by atoms with van der Waals surface area (Å²) in [6.45, 7) is 4.75. The molecule has 0 unspecified atom stereocenters. The Hall–Kier alpha value is -2.63. The van der Waals surface area contributed by atoms with Crippen LogP contribution in [0.1, 0.15) is 16.7 Å². The van der Waals surface area contributed by atoms with Gasteiger partial charge in [-0.3, -0.25) is 9.69 Å². The van der Waals surface area contributed by atoms with Gasteiger partial charge in [-0.2, -0.15) is 0 Å². The number of hydrogen-bond acceptors (Lipinski definition) is 4. The first-order valence-electron chi connectivity index (χ1n) is 9.05. The van der Waals surface area contributed by atoms with Gasteiger partial charge in [0, 0.05) is 29.2 Å². The van der Waals surface area contributed by atoms with Crippen LogP contribution in [0.4, 0.5) is 5.69 Å². The molecule has 0 aliphatic carbocycles. The highest BCUT2D eigenvalue weighted by Crippen LogP contribution is 2.25. The fourth-order valence-corrected chi connectivity index (χ4v) is 3.39. The SMILES string of the molecule is COc1ccc2cc(CN(C)CC(=O)Nc3c(C)cccc3C)c(Cl)nc2c1. The lowest BCUT2D eigenvalue weighted by molar-refractivity contribution is -0.117. The predicted octanol–water partition coefficient (Wildman–Crippen LogP) is 4.58. The smallest absolute Gasteiger partial charge is 0.238 e. The van der Waals surface area contributed by atoms with Crippen molar-refractivity contribution in [1.29, 1.82) is 0 Å². The number of methoxy groups -OCH3 is 1. The second kappa shape index (κ2) is 8.59. The van der Waals surface area contributed by atoms with Gasteiger partial charge in [0.2, 0.25) is 5.91 Å². The number of anilines is 1. The average molecular weight is 398 g/mol. The number of pyridine rings is 1. The number of carbonyl (C=O) groups excluding carboxylic acids is 1. The van der Waals surface area contributed by atoms with Gasteiger partial charge in [-0.1, -0.05) is 29.8 Å². The summed E-state index contributed by atoms with van der Waals surface area (Å²) >= 11 is 6.37. The number of amides is 1. The molecule has 1 aromatic heterocycles. The minimum absolute atomic E-state index is 0.0606. The maximum atomic E-state index is 12.5. The standard InChI is InChI=1S/C22H24ClN3O2/c1-14-6-5-7-15(2)21(14)25-20(27)13-26(3)12-17-10-16-8-9-18(28-4)11-19(16)24-22(17)23/h5-11H,12-13H2,1-4H3,(H,25,27). The molecule has 0 aliphatic heterocycles. The molecule has 1 heterocycles. The summed E-state index contributed by atoms with van der Waals surface area (Å²) in [7, 11) is 3.51. The summed E-state index contributed by atoms with van der Waals surface area (Å²) < 4.78 is 5.23. The Morgan fingerprint density at radius 2 is 1.89 bits per heavy atom. The summed E-state index contributed by atoms with van der Waals surface area (Å²) in [4.78, 5) is 18.9. The Morgan fingerprint density at radius 3 is 2.57 bits per heavy atom. The minimum Gasteiger partial charge on any atom is -0.497 e. The maximum absolute atomic E-state index is 12.5. The van der Waals surface area contributed by atoms with Crippen molar-refractivity contribution in [3.8, 4) is 5.75 Å². The Balaban J connectivity index is 1.69. The molecule has 1 N–H and O–H groups in total. The number of carbonyl (C=O) groups is 1. The van der Waals surface area contributed by atoms with Crippen LogP contribution in [0, 0.1) is 13.8 Å². The van der Waals surface area contributed by atoms with Crippen LogP contribution in [0.3, 0.4) is 0 Å². The minimum atomic E-state index is -0.0606. The number of nitrogens with zero attached hydrogens (tertiary/aromatic N) is 2. The lowest BCUT2D eigenvalue weighted by atomic mass is 10.1.